The SMILES string of the molecule is CCOc1cc(/C=C2\C(=O)NC(=S)N(c3cc(C)cc(C)c3)C2=O)ccc1OCC#N. The molecule has 31 heavy (non-hydrogen) atoms. The maximum absolute atomic E-state index is 13.2. The lowest BCUT2D eigenvalue weighted by Gasteiger charge is -2.29. The molecule has 0 saturated carbocycles. The number of ether oxygens (including phenoxy) is 2. The highest BCUT2D eigenvalue weighted by Gasteiger charge is 2.34. The van der Waals surface area contributed by atoms with Crippen LogP contribution in [-0.2, 0) is 9.59 Å². The van der Waals surface area contributed by atoms with E-state index in [4.69, 9.17) is 27.0 Å². The zero-order valence-corrected chi connectivity index (χ0v) is 18.2. The van der Waals surface area contributed by atoms with Crippen LogP contribution in [0.3, 0.4) is 0 Å². The molecule has 1 N–H and O–H groups in total. The zero-order valence-electron chi connectivity index (χ0n) is 17.4. The molecule has 3 rings (SSSR count). The van der Waals surface area contributed by atoms with Crippen LogP contribution in [0.1, 0.15) is 23.6 Å². The normalized spacial score (nSPS) is 15.0. The lowest BCUT2D eigenvalue weighted by molar-refractivity contribution is -0.122. The Morgan fingerprint density at radius 2 is 1.81 bits per heavy atom. The molecular weight excluding hydrogens is 414 g/mol. The second-order valence-electron chi connectivity index (χ2n) is 6.89. The molecule has 0 spiro atoms. The maximum Gasteiger partial charge on any atom is 0.270 e. The van der Waals surface area contributed by atoms with Gasteiger partial charge in [-0.15, -0.1) is 0 Å². The van der Waals surface area contributed by atoms with E-state index >= 15 is 0 Å². The summed E-state index contributed by atoms with van der Waals surface area (Å²) < 4.78 is 10.9. The van der Waals surface area contributed by atoms with Crippen LogP contribution in [0.15, 0.2) is 42.0 Å². The fourth-order valence-electron chi connectivity index (χ4n) is 3.25. The molecule has 1 heterocycles. The van der Waals surface area contributed by atoms with Crippen LogP contribution >= 0.6 is 12.2 Å². The summed E-state index contributed by atoms with van der Waals surface area (Å²) in [4.78, 5) is 27.1. The molecule has 0 bridgehead atoms. The summed E-state index contributed by atoms with van der Waals surface area (Å²) in [6, 6.07) is 12.5. The van der Waals surface area contributed by atoms with Crippen molar-refractivity contribution in [3.63, 3.8) is 0 Å². The van der Waals surface area contributed by atoms with Crippen LogP contribution in [0.25, 0.3) is 6.08 Å². The van der Waals surface area contributed by atoms with Gasteiger partial charge in [0.05, 0.1) is 12.3 Å². The lowest BCUT2D eigenvalue weighted by Crippen LogP contribution is -2.54. The first-order valence-electron chi connectivity index (χ1n) is 9.60. The number of benzene rings is 2. The zero-order chi connectivity index (χ0) is 22.5. The Labute approximate surface area is 185 Å². The van der Waals surface area contributed by atoms with Gasteiger partial charge in [0, 0.05) is 0 Å². The fourth-order valence-corrected chi connectivity index (χ4v) is 3.53. The van der Waals surface area contributed by atoms with E-state index in [2.05, 4.69) is 5.32 Å². The van der Waals surface area contributed by atoms with E-state index in [1.165, 1.54) is 11.0 Å². The summed E-state index contributed by atoms with van der Waals surface area (Å²) >= 11 is 5.26. The fraction of sp³-hybridized carbons (Fsp3) is 0.217. The van der Waals surface area contributed by atoms with E-state index in [1.807, 2.05) is 45.0 Å². The number of nitrogens with zero attached hydrogens (tertiary/aromatic N) is 2. The third kappa shape index (κ3) is 4.90. The summed E-state index contributed by atoms with van der Waals surface area (Å²) in [6.45, 7) is 5.93. The van der Waals surface area contributed by atoms with Gasteiger partial charge in [-0.05, 0) is 80.0 Å². The van der Waals surface area contributed by atoms with Crippen LogP contribution in [0, 0.1) is 25.2 Å². The highest BCUT2D eigenvalue weighted by atomic mass is 32.1. The number of nitrogens with one attached hydrogen (secondary N) is 1. The smallest absolute Gasteiger partial charge is 0.270 e. The van der Waals surface area contributed by atoms with Gasteiger partial charge in [-0.3, -0.25) is 19.8 Å². The number of carbonyl (C=O) groups excluding carboxylic acids is 2. The lowest BCUT2D eigenvalue weighted by atomic mass is 10.1. The Morgan fingerprint density at radius 3 is 2.45 bits per heavy atom. The van der Waals surface area contributed by atoms with Crippen molar-refractivity contribution in [1.82, 2.24) is 5.32 Å². The predicted octanol–water partition coefficient (Wildman–Crippen LogP) is 3.44. The van der Waals surface area contributed by atoms with Gasteiger partial charge in [0.15, 0.2) is 23.2 Å². The van der Waals surface area contributed by atoms with Gasteiger partial charge in [-0.2, -0.15) is 5.26 Å². The molecule has 1 fully saturated rings. The van der Waals surface area contributed by atoms with Crippen LogP contribution < -0.4 is 19.7 Å². The van der Waals surface area contributed by atoms with Gasteiger partial charge in [0.25, 0.3) is 11.8 Å². The van der Waals surface area contributed by atoms with Crippen LogP contribution in [0.2, 0.25) is 0 Å². The maximum atomic E-state index is 13.2. The number of carbonyl (C=O) groups is 2. The standard InChI is InChI=1S/C23H21N3O4S/c1-4-29-20-13-16(5-6-19(20)30-8-7-24)12-18-21(27)25-23(31)26(22(18)28)17-10-14(2)9-15(3)11-17/h5-6,9-13H,4,8H2,1-3H3,(H,25,27,31)/b18-12+. The molecule has 0 unspecified atom stereocenters. The third-order valence-electron chi connectivity index (χ3n) is 4.44. The molecule has 7 nitrogen and oxygen atoms in total. The van der Waals surface area contributed by atoms with Crippen molar-refractivity contribution >= 4 is 40.9 Å². The Hall–Kier alpha value is -3.70. The van der Waals surface area contributed by atoms with E-state index < -0.39 is 11.8 Å². The number of hydrogen-bond acceptors (Lipinski definition) is 6. The highest BCUT2D eigenvalue weighted by Crippen LogP contribution is 2.30. The molecule has 0 aromatic heterocycles. The minimum absolute atomic E-state index is 0.0346. The van der Waals surface area contributed by atoms with Gasteiger partial charge in [0.2, 0.25) is 0 Å². The van der Waals surface area contributed by atoms with Gasteiger partial charge in [0.1, 0.15) is 11.6 Å². The van der Waals surface area contributed by atoms with Crippen LogP contribution in [0.4, 0.5) is 5.69 Å². The number of anilines is 1. The van der Waals surface area contributed by atoms with E-state index in [0.29, 0.717) is 29.4 Å². The summed E-state index contributed by atoms with van der Waals surface area (Å²) in [7, 11) is 0. The molecular formula is C23H21N3O4S. The second-order valence-corrected chi connectivity index (χ2v) is 7.28. The molecule has 2 aromatic rings. The summed E-state index contributed by atoms with van der Waals surface area (Å²) in [5, 5.41) is 11.3. The molecule has 0 atom stereocenters. The molecule has 0 radical (unpaired) electrons. The first-order chi connectivity index (χ1) is 14.8. The molecule has 1 aliphatic rings. The molecule has 158 valence electrons. The predicted molar refractivity (Wildman–Crippen MR) is 121 cm³/mol. The monoisotopic (exact) mass is 435 g/mol. The van der Waals surface area contributed by atoms with Crippen molar-refractivity contribution in [2.75, 3.05) is 18.1 Å². The second kappa shape index (κ2) is 9.41. The first-order valence-corrected chi connectivity index (χ1v) is 10.0. The highest BCUT2D eigenvalue weighted by molar-refractivity contribution is 7.80. The molecule has 8 heteroatoms. The van der Waals surface area contributed by atoms with E-state index in [-0.39, 0.29) is 17.3 Å². The minimum atomic E-state index is -0.571. The van der Waals surface area contributed by atoms with Crippen LogP contribution in [-0.4, -0.2) is 30.1 Å². The van der Waals surface area contributed by atoms with Crippen molar-refractivity contribution < 1.29 is 19.1 Å². The van der Waals surface area contributed by atoms with Crippen molar-refractivity contribution in [3.8, 4) is 17.6 Å². The Balaban J connectivity index is 1.99. The third-order valence-corrected chi connectivity index (χ3v) is 4.72. The van der Waals surface area contributed by atoms with Crippen molar-refractivity contribution in [3.05, 3.63) is 58.7 Å². The Bertz CT molecular complexity index is 1110. The number of nitriles is 1. The van der Waals surface area contributed by atoms with E-state index in [0.717, 1.165) is 11.1 Å². The summed E-state index contributed by atoms with van der Waals surface area (Å²) in [5.74, 6) is -0.264. The average molecular weight is 436 g/mol. The summed E-state index contributed by atoms with van der Waals surface area (Å²) in [5.41, 5.74) is 3.05. The first kappa shape index (κ1) is 22.0. The molecule has 2 aromatic carbocycles. The minimum Gasteiger partial charge on any atom is -0.490 e. The van der Waals surface area contributed by atoms with Crippen molar-refractivity contribution in [1.29, 1.82) is 5.26 Å². The molecule has 0 aliphatic carbocycles. The Kier molecular flexibility index (Phi) is 6.68. The van der Waals surface area contributed by atoms with Gasteiger partial charge in [-0.25, -0.2) is 0 Å². The summed E-state index contributed by atoms with van der Waals surface area (Å²) in [6.07, 6.45) is 1.48. The largest absolute Gasteiger partial charge is 0.490 e. The Morgan fingerprint density at radius 1 is 1.10 bits per heavy atom. The molecule has 1 aliphatic heterocycles. The van der Waals surface area contributed by atoms with Crippen molar-refractivity contribution in [2.45, 2.75) is 20.8 Å². The van der Waals surface area contributed by atoms with E-state index in [1.54, 1.807) is 18.2 Å². The quantitative estimate of drug-likeness (QED) is 0.425. The molecule has 1 saturated heterocycles. The number of hydrogen-bond donors (Lipinski definition) is 1. The number of amides is 2. The van der Waals surface area contributed by atoms with Gasteiger partial charge >= 0.3 is 0 Å². The van der Waals surface area contributed by atoms with Crippen molar-refractivity contribution in [2.24, 2.45) is 0 Å². The number of rotatable bonds is 6. The number of aryl methyl sites for hydroxylation is 2. The van der Waals surface area contributed by atoms with Gasteiger partial charge in [-0.1, -0.05) is 12.1 Å². The topological polar surface area (TPSA) is 91.7 Å². The van der Waals surface area contributed by atoms with E-state index in [9.17, 15) is 9.59 Å². The van der Waals surface area contributed by atoms with Gasteiger partial charge < -0.3 is 9.47 Å². The van der Waals surface area contributed by atoms with Crippen LogP contribution in [0.5, 0.6) is 11.5 Å². The number of thiocarbonyl (C=S) groups is 1. The average Bonchev–Trinajstić information content (AvgIpc) is 2.70. The molecule has 2 amide bonds.